The minimum absolute atomic E-state index is 0.353. The molecule has 34 heavy (non-hydrogen) atoms. The van der Waals surface area contributed by atoms with Crippen LogP contribution in [0.2, 0.25) is 0 Å². The van der Waals surface area contributed by atoms with E-state index in [-0.39, 0.29) is 12.5 Å². The Balaban J connectivity index is 1.37. The summed E-state index contributed by atoms with van der Waals surface area (Å²) in [5.74, 6) is -0.0850. The van der Waals surface area contributed by atoms with E-state index in [1.54, 1.807) is 7.11 Å². The van der Waals surface area contributed by atoms with Crippen molar-refractivity contribution in [2.45, 2.75) is 24.4 Å². The second-order valence-electron chi connectivity index (χ2n) is 8.57. The molecule has 2 aliphatic rings. The number of carbonyl (C=O) groups excluding carboxylic acids is 3. The SMILES string of the molecule is COc1ccc([C@@H](NC(=O)CN2C(=O)N[C@]3(CCc4ccccc43)C2=O)c2ccccc2)cc1. The highest BCUT2D eigenvalue weighted by atomic mass is 16.5. The lowest BCUT2D eigenvalue weighted by atomic mass is 9.92. The van der Waals surface area contributed by atoms with Crippen LogP contribution < -0.4 is 15.4 Å². The minimum atomic E-state index is -1.08. The van der Waals surface area contributed by atoms with Gasteiger partial charge in [0.15, 0.2) is 0 Å². The van der Waals surface area contributed by atoms with Gasteiger partial charge in [0.25, 0.3) is 5.91 Å². The van der Waals surface area contributed by atoms with Gasteiger partial charge in [0.05, 0.1) is 13.2 Å². The highest BCUT2D eigenvalue weighted by molar-refractivity contribution is 6.10. The number of imide groups is 1. The summed E-state index contributed by atoms with van der Waals surface area (Å²) in [6, 6.07) is 23.6. The van der Waals surface area contributed by atoms with Gasteiger partial charge in [0.1, 0.15) is 17.8 Å². The highest BCUT2D eigenvalue weighted by Gasteiger charge is 2.55. The zero-order chi connectivity index (χ0) is 23.7. The Hall–Kier alpha value is -4.13. The molecular weight excluding hydrogens is 430 g/mol. The largest absolute Gasteiger partial charge is 0.497 e. The van der Waals surface area contributed by atoms with E-state index in [1.165, 1.54) is 0 Å². The summed E-state index contributed by atoms with van der Waals surface area (Å²) in [7, 11) is 1.60. The Labute approximate surface area is 197 Å². The maximum absolute atomic E-state index is 13.4. The van der Waals surface area contributed by atoms with Gasteiger partial charge in [0.2, 0.25) is 5.91 Å². The monoisotopic (exact) mass is 455 g/mol. The van der Waals surface area contributed by atoms with E-state index in [2.05, 4.69) is 10.6 Å². The Kier molecular flexibility index (Phi) is 5.53. The van der Waals surface area contributed by atoms with Crippen LogP contribution in [0.4, 0.5) is 4.79 Å². The lowest BCUT2D eigenvalue weighted by Gasteiger charge is -2.23. The quantitative estimate of drug-likeness (QED) is 0.559. The maximum Gasteiger partial charge on any atom is 0.325 e. The number of carbonyl (C=O) groups is 3. The zero-order valence-corrected chi connectivity index (χ0v) is 18.8. The fraction of sp³-hybridized carbons (Fsp3) is 0.222. The van der Waals surface area contributed by atoms with Crippen molar-refractivity contribution in [3.05, 3.63) is 101 Å². The molecule has 7 heteroatoms. The minimum Gasteiger partial charge on any atom is -0.497 e. The summed E-state index contributed by atoms with van der Waals surface area (Å²) < 4.78 is 5.24. The summed E-state index contributed by atoms with van der Waals surface area (Å²) in [6.45, 7) is -0.353. The third-order valence-corrected chi connectivity index (χ3v) is 6.61. The molecule has 0 bridgehead atoms. The Morgan fingerprint density at radius 2 is 1.68 bits per heavy atom. The Morgan fingerprint density at radius 3 is 2.41 bits per heavy atom. The number of aryl methyl sites for hydroxylation is 1. The predicted octanol–water partition coefficient (Wildman–Crippen LogP) is 3.29. The van der Waals surface area contributed by atoms with Crippen LogP contribution in [0.15, 0.2) is 78.9 Å². The third-order valence-electron chi connectivity index (χ3n) is 6.61. The number of urea groups is 1. The van der Waals surface area contributed by atoms with Crippen LogP contribution in [-0.4, -0.2) is 36.4 Å². The molecule has 1 aliphatic heterocycles. The predicted molar refractivity (Wildman–Crippen MR) is 126 cm³/mol. The molecule has 1 heterocycles. The summed E-state index contributed by atoms with van der Waals surface area (Å²) in [4.78, 5) is 40.3. The van der Waals surface area contributed by atoms with Crippen molar-refractivity contribution in [1.82, 2.24) is 15.5 Å². The first-order valence-corrected chi connectivity index (χ1v) is 11.2. The van der Waals surface area contributed by atoms with Gasteiger partial charge in [-0.25, -0.2) is 4.79 Å². The van der Waals surface area contributed by atoms with Gasteiger partial charge >= 0.3 is 6.03 Å². The van der Waals surface area contributed by atoms with Crippen molar-refractivity contribution in [3.8, 4) is 5.75 Å². The number of benzene rings is 3. The van der Waals surface area contributed by atoms with Gasteiger partial charge in [-0.1, -0.05) is 66.7 Å². The molecule has 1 aliphatic carbocycles. The molecule has 1 spiro atoms. The highest BCUT2D eigenvalue weighted by Crippen LogP contribution is 2.41. The summed E-state index contributed by atoms with van der Waals surface area (Å²) in [6.07, 6.45) is 1.20. The normalized spacial score (nSPS) is 19.6. The van der Waals surface area contributed by atoms with E-state index >= 15 is 0 Å². The number of nitrogens with one attached hydrogen (secondary N) is 2. The van der Waals surface area contributed by atoms with Crippen molar-refractivity contribution in [2.75, 3.05) is 13.7 Å². The molecule has 0 aromatic heterocycles. The first kappa shape index (κ1) is 21.7. The summed E-state index contributed by atoms with van der Waals surface area (Å²) >= 11 is 0. The third kappa shape index (κ3) is 3.69. The second-order valence-corrected chi connectivity index (χ2v) is 8.57. The van der Waals surface area contributed by atoms with Gasteiger partial charge in [-0.15, -0.1) is 0 Å². The number of hydrogen-bond acceptors (Lipinski definition) is 4. The summed E-state index contributed by atoms with van der Waals surface area (Å²) in [5.41, 5.74) is 2.53. The van der Waals surface area contributed by atoms with Crippen LogP contribution in [0, 0.1) is 0 Å². The molecule has 1 saturated heterocycles. The van der Waals surface area contributed by atoms with E-state index in [0.717, 1.165) is 27.2 Å². The summed E-state index contributed by atoms with van der Waals surface area (Å²) in [5, 5.41) is 5.86. The lowest BCUT2D eigenvalue weighted by Crippen LogP contribution is -2.44. The van der Waals surface area contributed by atoms with Gasteiger partial charge in [-0.3, -0.25) is 14.5 Å². The van der Waals surface area contributed by atoms with E-state index in [4.69, 9.17) is 4.74 Å². The number of rotatable bonds is 6. The van der Waals surface area contributed by atoms with Crippen LogP contribution in [-0.2, 0) is 21.5 Å². The fourth-order valence-corrected chi connectivity index (χ4v) is 4.88. The van der Waals surface area contributed by atoms with Gasteiger partial charge in [-0.2, -0.15) is 0 Å². The molecule has 0 saturated carbocycles. The zero-order valence-electron chi connectivity index (χ0n) is 18.8. The molecule has 7 nitrogen and oxygen atoms in total. The number of hydrogen-bond donors (Lipinski definition) is 2. The number of nitrogens with zero attached hydrogens (tertiary/aromatic N) is 1. The molecule has 0 radical (unpaired) electrons. The molecule has 4 amide bonds. The average Bonchev–Trinajstić information content (AvgIpc) is 3.36. The van der Waals surface area contributed by atoms with Crippen molar-refractivity contribution in [2.24, 2.45) is 0 Å². The lowest BCUT2D eigenvalue weighted by molar-refractivity contribution is -0.135. The first-order valence-electron chi connectivity index (χ1n) is 11.2. The van der Waals surface area contributed by atoms with Crippen molar-refractivity contribution in [1.29, 1.82) is 0 Å². The molecule has 172 valence electrons. The van der Waals surface area contributed by atoms with E-state index in [9.17, 15) is 14.4 Å². The molecule has 3 aromatic rings. The Morgan fingerprint density at radius 1 is 1.00 bits per heavy atom. The molecular formula is C27H25N3O4. The van der Waals surface area contributed by atoms with Crippen LogP contribution in [0.1, 0.15) is 34.7 Å². The van der Waals surface area contributed by atoms with Crippen molar-refractivity contribution >= 4 is 17.8 Å². The average molecular weight is 456 g/mol. The smallest absolute Gasteiger partial charge is 0.325 e. The van der Waals surface area contributed by atoms with Crippen LogP contribution in [0.5, 0.6) is 5.75 Å². The molecule has 3 aromatic carbocycles. The second kappa shape index (κ2) is 8.67. The van der Waals surface area contributed by atoms with E-state index in [0.29, 0.717) is 18.6 Å². The van der Waals surface area contributed by atoms with Crippen LogP contribution in [0.25, 0.3) is 0 Å². The van der Waals surface area contributed by atoms with Gasteiger partial charge in [0, 0.05) is 0 Å². The number of fused-ring (bicyclic) bond motifs is 2. The first-order chi connectivity index (χ1) is 16.5. The van der Waals surface area contributed by atoms with E-state index < -0.39 is 23.5 Å². The van der Waals surface area contributed by atoms with Crippen molar-refractivity contribution in [3.63, 3.8) is 0 Å². The van der Waals surface area contributed by atoms with Crippen LogP contribution >= 0.6 is 0 Å². The number of ether oxygens (including phenoxy) is 1. The topological polar surface area (TPSA) is 87.7 Å². The Bertz CT molecular complexity index is 1240. The van der Waals surface area contributed by atoms with Crippen LogP contribution in [0.3, 0.4) is 0 Å². The molecule has 2 atom stereocenters. The maximum atomic E-state index is 13.4. The fourth-order valence-electron chi connectivity index (χ4n) is 4.88. The van der Waals surface area contributed by atoms with E-state index in [1.807, 2.05) is 78.9 Å². The van der Waals surface area contributed by atoms with Gasteiger partial charge in [-0.05, 0) is 47.2 Å². The number of amides is 4. The molecule has 5 rings (SSSR count). The van der Waals surface area contributed by atoms with Gasteiger partial charge < -0.3 is 15.4 Å². The molecule has 2 N–H and O–H groups in total. The standard InChI is InChI=1S/C27H25N3O4/c1-34-21-13-11-20(12-14-21)24(19-8-3-2-4-9-19)28-23(31)17-30-25(32)27(29-26(30)33)16-15-18-7-5-6-10-22(18)27/h2-14,24H,15-17H2,1H3,(H,28,31)(H,29,33)/t24-,27-/m0/s1. The molecule has 0 unspecified atom stereocenters. The number of methoxy groups -OCH3 is 1. The molecule has 1 fully saturated rings. The van der Waals surface area contributed by atoms with Crippen molar-refractivity contribution < 1.29 is 19.1 Å².